The van der Waals surface area contributed by atoms with Crippen LogP contribution in [0, 0.1) is 0 Å². The predicted molar refractivity (Wildman–Crippen MR) is 90.7 cm³/mol. The molecule has 4 nitrogen and oxygen atoms in total. The number of ether oxygens (including phenoxy) is 1. The fraction of sp³-hybridized carbons (Fsp3) is 0.389. The van der Waals surface area contributed by atoms with E-state index in [-0.39, 0.29) is 11.2 Å². The van der Waals surface area contributed by atoms with Gasteiger partial charge in [0.1, 0.15) is 6.61 Å². The van der Waals surface area contributed by atoms with E-state index in [0.717, 1.165) is 11.2 Å². The van der Waals surface area contributed by atoms with Gasteiger partial charge in [-0.2, -0.15) is 0 Å². The first-order valence-corrected chi connectivity index (χ1v) is 7.87. The monoisotopic (exact) mass is 311 g/mol. The Kier molecular flexibility index (Phi) is 4.17. The van der Waals surface area contributed by atoms with E-state index in [0.29, 0.717) is 12.5 Å². The van der Waals surface area contributed by atoms with Crippen molar-refractivity contribution in [3.05, 3.63) is 54.1 Å². The van der Waals surface area contributed by atoms with Crippen LogP contribution in [0.5, 0.6) is 5.88 Å². The number of aromatic nitrogens is 1. The lowest BCUT2D eigenvalue weighted by atomic mass is 9.84. The van der Waals surface area contributed by atoms with Crippen LogP contribution in [0.25, 0.3) is 0 Å². The SMILES string of the molecule is CC1(C)OB(c2cccc(OCc3ccccc3)n2)OC1(C)C. The topological polar surface area (TPSA) is 40.6 Å². The van der Waals surface area contributed by atoms with Crippen molar-refractivity contribution in [2.45, 2.75) is 45.5 Å². The zero-order chi connectivity index (χ0) is 16.5. The number of rotatable bonds is 4. The van der Waals surface area contributed by atoms with Crippen molar-refractivity contribution in [2.24, 2.45) is 0 Å². The van der Waals surface area contributed by atoms with Crippen molar-refractivity contribution >= 4 is 12.7 Å². The highest BCUT2D eigenvalue weighted by Gasteiger charge is 2.52. The van der Waals surface area contributed by atoms with Gasteiger partial charge in [-0.1, -0.05) is 36.4 Å². The van der Waals surface area contributed by atoms with Crippen molar-refractivity contribution in [1.29, 1.82) is 0 Å². The molecule has 0 radical (unpaired) electrons. The summed E-state index contributed by atoms with van der Waals surface area (Å²) in [4.78, 5) is 4.53. The van der Waals surface area contributed by atoms with Crippen molar-refractivity contribution < 1.29 is 14.0 Å². The number of hydrogen-bond donors (Lipinski definition) is 0. The summed E-state index contributed by atoms with van der Waals surface area (Å²) in [5.41, 5.74) is 1.09. The van der Waals surface area contributed by atoms with Gasteiger partial charge in [0.05, 0.1) is 16.8 Å². The first-order valence-electron chi connectivity index (χ1n) is 7.87. The second kappa shape index (κ2) is 5.98. The maximum atomic E-state index is 6.03. The average Bonchev–Trinajstić information content (AvgIpc) is 2.75. The van der Waals surface area contributed by atoms with Crippen LogP contribution in [-0.2, 0) is 15.9 Å². The Morgan fingerprint density at radius 3 is 2.22 bits per heavy atom. The summed E-state index contributed by atoms with van der Waals surface area (Å²) in [5.74, 6) is 0.570. The standard InChI is InChI=1S/C18H22BNO3/c1-17(2)18(3,4)23-19(22-17)15-11-8-12-16(20-15)21-13-14-9-6-5-7-10-14/h5-12H,13H2,1-4H3. The molecule has 0 N–H and O–H groups in total. The maximum Gasteiger partial charge on any atom is 0.514 e. The van der Waals surface area contributed by atoms with Gasteiger partial charge in [-0.05, 0) is 39.3 Å². The highest BCUT2D eigenvalue weighted by atomic mass is 16.7. The van der Waals surface area contributed by atoms with Gasteiger partial charge >= 0.3 is 7.12 Å². The third-order valence-electron chi connectivity index (χ3n) is 4.47. The summed E-state index contributed by atoms with van der Waals surface area (Å²) in [6.45, 7) is 8.61. The van der Waals surface area contributed by atoms with Crippen LogP contribution in [0.4, 0.5) is 0 Å². The van der Waals surface area contributed by atoms with E-state index in [1.807, 2.05) is 76.2 Å². The first kappa shape index (κ1) is 16.0. The average molecular weight is 311 g/mol. The lowest BCUT2D eigenvalue weighted by Gasteiger charge is -2.32. The summed E-state index contributed by atoms with van der Waals surface area (Å²) in [5, 5.41) is 0. The third kappa shape index (κ3) is 3.41. The third-order valence-corrected chi connectivity index (χ3v) is 4.47. The molecular weight excluding hydrogens is 289 g/mol. The quantitative estimate of drug-likeness (QED) is 0.814. The molecule has 0 amide bonds. The molecule has 5 heteroatoms. The molecule has 1 aromatic carbocycles. The van der Waals surface area contributed by atoms with Gasteiger partial charge < -0.3 is 14.0 Å². The highest BCUT2D eigenvalue weighted by Crippen LogP contribution is 2.36. The van der Waals surface area contributed by atoms with Crippen LogP contribution in [0.1, 0.15) is 33.3 Å². The van der Waals surface area contributed by atoms with Gasteiger partial charge in [-0.15, -0.1) is 0 Å². The van der Waals surface area contributed by atoms with E-state index in [4.69, 9.17) is 14.0 Å². The van der Waals surface area contributed by atoms with Gasteiger partial charge in [-0.25, -0.2) is 4.98 Å². The van der Waals surface area contributed by atoms with Crippen molar-refractivity contribution in [3.8, 4) is 5.88 Å². The van der Waals surface area contributed by atoms with E-state index in [9.17, 15) is 0 Å². The smallest absolute Gasteiger partial charge is 0.473 e. The van der Waals surface area contributed by atoms with E-state index < -0.39 is 7.12 Å². The largest absolute Gasteiger partial charge is 0.514 e. The Bertz CT molecular complexity index is 657. The number of benzene rings is 1. The van der Waals surface area contributed by atoms with Crippen LogP contribution in [-0.4, -0.2) is 23.3 Å². The fourth-order valence-electron chi connectivity index (χ4n) is 2.34. The minimum Gasteiger partial charge on any atom is -0.473 e. The molecule has 1 fully saturated rings. The van der Waals surface area contributed by atoms with Gasteiger partial charge in [0.2, 0.25) is 5.88 Å². The zero-order valence-electron chi connectivity index (χ0n) is 14.1. The Balaban J connectivity index is 1.71. The Morgan fingerprint density at radius 1 is 0.913 bits per heavy atom. The summed E-state index contributed by atoms with van der Waals surface area (Å²) in [6, 6.07) is 15.7. The molecule has 3 rings (SSSR count). The molecule has 0 atom stereocenters. The zero-order valence-corrected chi connectivity index (χ0v) is 14.1. The fourth-order valence-corrected chi connectivity index (χ4v) is 2.34. The van der Waals surface area contributed by atoms with E-state index in [2.05, 4.69) is 4.98 Å². The van der Waals surface area contributed by atoms with Gasteiger partial charge in [0.25, 0.3) is 0 Å². The molecule has 1 aliphatic rings. The molecule has 0 bridgehead atoms. The van der Waals surface area contributed by atoms with Gasteiger partial charge in [0.15, 0.2) is 0 Å². The van der Waals surface area contributed by atoms with Crippen molar-refractivity contribution in [1.82, 2.24) is 4.98 Å². The molecule has 1 aliphatic heterocycles. The summed E-state index contributed by atoms with van der Waals surface area (Å²) >= 11 is 0. The summed E-state index contributed by atoms with van der Waals surface area (Å²) in [6.07, 6.45) is 0. The maximum absolute atomic E-state index is 6.03. The molecule has 0 spiro atoms. The molecular formula is C18H22BNO3. The van der Waals surface area contributed by atoms with Crippen molar-refractivity contribution in [3.63, 3.8) is 0 Å². The predicted octanol–water partition coefficient (Wildman–Crippen LogP) is 2.96. The van der Waals surface area contributed by atoms with Crippen LogP contribution in [0.3, 0.4) is 0 Å². The molecule has 1 saturated heterocycles. The van der Waals surface area contributed by atoms with E-state index >= 15 is 0 Å². The number of nitrogens with zero attached hydrogens (tertiary/aromatic N) is 1. The summed E-state index contributed by atoms with van der Waals surface area (Å²) < 4.78 is 17.8. The minimum absolute atomic E-state index is 0.375. The Hall–Kier alpha value is -1.85. The van der Waals surface area contributed by atoms with Gasteiger partial charge in [-0.3, -0.25) is 0 Å². The van der Waals surface area contributed by atoms with Crippen LogP contribution >= 0.6 is 0 Å². The molecule has 0 aliphatic carbocycles. The first-order chi connectivity index (χ1) is 10.9. The number of hydrogen-bond acceptors (Lipinski definition) is 4. The van der Waals surface area contributed by atoms with Crippen LogP contribution < -0.4 is 10.3 Å². The molecule has 2 heterocycles. The van der Waals surface area contributed by atoms with Crippen LogP contribution in [0.2, 0.25) is 0 Å². The van der Waals surface area contributed by atoms with E-state index in [1.54, 1.807) is 0 Å². The van der Waals surface area contributed by atoms with Crippen molar-refractivity contribution in [2.75, 3.05) is 0 Å². The second-order valence-electron chi connectivity index (χ2n) is 6.76. The minimum atomic E-state index is -0.472. The highest BCUT2D eigenvalue weighted by molar-refractivity contribution is 6.61. The normalized spacial score (nSPS) is 18.9. The Labute approximate surface area is 137 Å². The number of pyridine rings is 1. The van der Waals surface area contributed by atoms with Crippen LogP contribution in [0.15, 0.2) is 48.5 Å². The lowest BCUT2D eigenvalue weighted by Crippen LogP contribution is -2.41. The molecule has 120 valence electrons. The Morgan fingerprint density at radius 2 is 1.57 bits per heavy atom. The molecule has 2 aromatic rings. The van der Waals surface area contributed by atoms with Gasteiger partial charge in [0, 0.05) is 6.07 Å². The molecule has 23 heavy (non-hydrogen) atoms. The molecule has 1 aromatic heterocycles. The summed E-state index contributed by atoms with van der Waals surface area (Å²) in [7, 11) is -0.472. The lowest BCUT2D eigenvalue weighted by molar-refractivity contribution is 0.00578. The molecule has 0 saturated carbocycles. The molecule has 0 unspecified atom stereocenters. The van der Waals surface area contributed by atoms with E-state index in [1.165, 1.54) is 0 Å². The second-order valence-corrected chi connectivity index (χ2v) is 6.76.